The SMILES string of the molecule is CCCCc1cc(CBr)c2c(c1)CCN2C(=O)O. The first-order chi connectivity index (χ1) is 8.67. The maximum absolute atomic E-state index is 11.2. The molecule has 0 fully saturated rings. The highest BCUT2D eigenvalue weighted by molar-refractivity contribution is 9.08. The molecule has 0 aliphatic carbocycles. The number of nitrogens with zero attached hydrogens (tertiary/aromatic N) is 1. The monoisotopic (exact) mass is 311 g/mol. The zero-order chi connectivity index (χ0) is 13.1. The van der Waals surface area contributed by atoms with Gasteiger partial charge >= 0.3 is 6.09 Å². The topological polar surface area (TPSA) is 40.5 Å². The van der Waals surface area contributed by atoms with Gasteiger partial charge in [0.1, 0.15) is 0 Å². The van der Waals surface area contributed by atoms with Crippen LogP contribution in [-0.4, -0.2) is 17.7 Å². The second-order valence-electron chi connectivity index (χ2n) is 4.68. The number of amides is 1. The molecule has 18 heavy (non-hydrogen) atoms. The van der Waals surface area contributed by atoms with Gasteiger partial charge in [0.15, 0.2) is 0 Å². The van der Waals surface area contributed by atoms with Gasteiger partial charge in [-0.1, -0.05) is 41.4 Å². The fourth-order valence-corrected chi connectivity index (χ4v) is 2.96. The van der Waals surface area contributed by atoms with Crippen LogP contribution in [0.4, 0.5) is 10.5 Å². The molecule has 0 atom stereocenters. The van der Waals surface area contributed by atoms with Crippen LogP contribution in [-0.2, 0) is 18.2 Å². The van der Waals surface area contributed by atoms with E-state index >= 15 is 0 Å². The number of benzene rings is 1. The van der Waals surface area contributed by atoms with Crippen LogP contribution in [0, 0.1) is 0 Å². The number of aryl methyl sites for hydroxylation is 1. The Labute approximate surface area is 116 Å². The fourth-order valence-electron chi connectivity index (χ4n) is 2.53. The van der Waals surface area contributed by atoms with E-state index in [1.54, 1.807) is 0 Å². The van der Waals surface area contributed by atoms with Crippen LogP contribution in [0.15, 0.2) is 12.1 Å². The van der Waals surface area contributed by atoms with Crippen LogP contribution in [0.25, 0.3) is 0 Å². The first-order valence-electron chi connectivity index (χ1n) is 6.38. The molecule has 1 N–H and O–H groups in total. The quantitative estimate of drug-likeness (QED) is 0.855. The summed E-state index contributed by atoms with van der Waals surface area (Å²) in [6, 6.07) is 4.32. The third-order valence-corrected chi connectivity index (χ3v) is 4.00. The van der Waals surface area contributed by atoms with E-state index in [0.29, 0.717) is 11.9 Å². The minimum Gasteiger partial charge on any atom is -0.465 e. The van der Waals surface area contributed by atoms with Crippen molar-refractivity contribution in [2.24, 2.45) is 0 Å². The largest absolute Gasteiger partial charge is 0.465 e. The average Bonchev–Trinajstić information content (AvgIpc) is 2.79. The third kappa shape index (κ3) is 2.53. The van der Waals surface area contributed by atoms with Gasteiger partial charge in [0.25, 0.3) is 0 Å². The van der Waals surface area contributed by atoms with Crippen LogP contribution < -0.4 is 4.90 Å². The van der Waals surface area contributed by atoms with Crippen LogP contribution in [0.2, 0.25) is 0 Å². The van der Waals surface area contributed by atoms with Crippen molar-refractivity contribution in [1.82, 2.24) is 0 Å². The molecule has 0 spiro atoms. The lowest BCUT2D eigenvalue weighted by molar-refractivity contribution is 0.202. The molecule has 0 unspecified atom stereocenters. The molecule has 1 aromatic rings. The first kappa shape index (κ1) is 13.4. The van der Waals surface area contributed by atoms with E-state index in [0.717, 1.165) is 24.1 Å². The zero-order valence-corrected chi connectivity index (χ0v) is 12.2. The molecule has 1 aliphatic rings. The number of halogens is 1. The number of hydrogen-bond acceptors (Lipinski definition) is 1. The smallest absolute Gasteiger partial charge is 0.411 e. The minimum atomic E-state index is -0.850. The number of fused-ring (bicyclic) bond motifs is 1. The summed E-state index contributed by atoms with van der Waals surface area (Å²) in [5.74, 6) is 0. The van der Waals surface area contributed by atoms with Crippen LogP contribution in [0.1, 0.15) is 36.5 Å². The molecule has 4 heteroatoms. The van der Waals surface area contributed by atoms with Gasteiger partial charge in [0.2, 0.25) is 0 Å². The molecule has 0 saturated heterocycles. The molecule has 1 aliphatic heterocycles. The summed E-state index contributed by atoms with van der Waals surface area (Å²) in [5.41, 5.74) is 4.51. The predicted octanol–water partition coefficient (Wildman–Crippen LogP) is 3.96. The summed E-state index contributed by atoms with van der Waals surface area (Å²) >= 11 is 3.47. The minimum absolute atomic E-state index is 0.585. The highest BCUT2D eigenvalue weighted by Gasteiger charge is 2.27. The van der Waals surface area contributed by atoms with Crippen molar-refractivity contribution < 1.29 is 9.90 Å². The fraction of sp³-hybridized carbons (Fsp3) is 0.500. The summed E-state index contributed by atoms with van der Waals surface area (Å²) < 4.78 is 0. The van der Waals surface area contributed by atoms with Crippen molar-refractivity contribution in [2.45, 2.75) is 37.9 Å². The van der Waals surface area contributed by atoms with Gasteiger partial charge in [0, 0.05) is 11.9 Å². The molecule has 1 amide bonds. The van der Waals surface area contributed by atoms with Crippen molar-refractivity contribution in [3.63, 3.8) is 0 Å². The highest BCUT2D eigenvalue weighted by Crippen LogP contribution is 2.34. The maximum atomic E-state index is 11.2. The summed E-state index contributed by atoms with van der Waals surface area (Å²) in [5, 5.41) is 9.91. The Morgan fingerprint density at radius 1 is 1.50 bits per heavy atom. The summed E-state index contributed by atoms with van der Waals surface area (Å²) in [7, 11) is 0. The lowest BCUT2D eigenvalue weighted by Crippen LogP contribution is -2.27. The third-order valence-electron chi connectivity index (χ3n) is 3.40. The Kier molecular flexibility index (Phi) is 4.27. The molecule has 0 radical (unpaired) electrons. The van der Waals surface area contributed by atoms with E-state index in [1.807, 2.05) is 0 Å². The van der Waals surface area contributed by atoms with Crippen molar-refractivity contribution in [1.29, 1.82) is 0 Å². The van der Waals surface area contributed by atoms with Crippen LogP contribution in [0.5, 0.6) is 0 Å². The standard InChI is InChI=1S/C14H18BrNO2/c1-2-3-4-10-7-11-5-6-16(14(17)18)13(11)12(8-10)9-15/h7-8H,2-6,9H2,1H3,(H,17,18). The first-order valence-corrected chi connectivity index (χ1v) is 7.50. The molecule has 1 aromatic carbocycles. The Morgan fingerprint density at radius 2 is 2.28 bits per heavy atom. The number of rotatable bonds is 4. The molecule has 0 bridgehead atoms. The lowest BCUT2D eigenvalue weighted by Gasteiger charge is -2.17. The van der Waals surface area contributed by atoms with E-state index in [2.05, 4.69) is 35.0 Å². The Hall–Kier alpha value is -1.03. The number of unbranched alkanes of at least 4 members (excludes halogenated alkanes) is 1. The second-order valence-corrected chi connectivity index (χ2v) is 5.24. The molecular formula is C14H18BrNO2. The number of hydrogen-bond donors (Lipinski definition) is 1. The van der Waals surface area contributed by atoms with E-state index in [9.17, 15) is 9.90 Å². The molecule has 0 saturated carbocycles. The predicted molar refractivity (Wildman–Crippen MR) is 76.8 cm³/mol. The van der Waals surface area contributed by atoms with Crippen LogP contribution in [0.3, 0.4) is 0 Å². The van der Waals surface area contributed by atoms with Gasteiger partial charge in [-0.15, -0.1) is 0 Å². The van der Waals surface area contributed by atoms with Gasteiger partial charge in [-0.05, 0) is 36.0 Å². The van der Waals surface area contributed by atoms with Crippen molar-refractivity contribution in [2.75, 3.05) is 11.4 Å². The second kappa shape index (κ2) is 5.74. The number of alkyl halides is 1. The van der Waals surface area contributed by atoms with E-state index in [-0.39, 0.29) is 0 Å². The zero-order valence-electron chi connectivity index (χ0n) is 10.6. The highest BCUT2D eigenvalue weighted by atomic mass is 79.9. The normalized spacial score (nSPS) is 13.8. The summed E-state index contributed by atoms with van der Waals surface area (Å²) in [6.45, 7) is 2.77. The average molecular weight is 312 g/mol. The number of anilines is 1. The Morgan fingerprint density at radius 3 is 2.89 bits per heavy atom. The van der Waals surface area contributed by atoms with Gasteiger partial charge in [0.05, 0.1) is 5.69 Å². The number of carboxylic acid groups (broad SMARTS) is 1. The molecule has 2 rings (SSSR count). The van der Waals surface area contributed by atoms with E-state index in [4.69, 9.17) is 0 Å². The van der Waals surface area contributed by atoms with Crippen LogP contribution >= 0.6 is 15.9 Å². The van der Waals surface area contributed by atoms with Gasteiger partial charge in [-0.2, -0.15) is 0 Å². The summed E-state index contributed by atoms with van der Waals surface area (Å²) in [4.78, 5) is 12.7. The summed E-state index contributed by atoms with van der Waals surface area (Å²) in [6.07, 6.45) is 3.43. The Bertz CT molecular complexity index is 459. The van der Waals surface area contributed by atoms with Crippen molar-refractivity contribution in [3.05, 3.63) is 28.8 Å². The molecule has 98 valence electrons. The lowest BCUT2D eigenvalue weighted by atomic mass is 10.00. The van der Waals surface area contributed by atoms with E-state index < -0.39 is 6.09 Å². The van der Waals surface area contributed by atoms with Crippen molar-refractivity contribution in [3.8, 4) is 0 Å². The molecular weight excluding hydrogens is 294 g/mol. The molecule has 3 nitrogen and oxygen atoms in total. The van der Waals surface area contributed by atoms with E-state index in [1.165, 1.54) is 28.9 Å². The van der Waals surface area contributed by atoms with Crippen molar-refractivity contribution >= 4 is 27.7 Å². The van der Waals surface area contributed by atoms with Gasteiger partial charge in [-0.3, -0.25) is 4.90 Å². The van der Waals surface area contributed by atoms with Gasteiger partial charge in [-0.25, -0.2) is 4.79 Å². The molecule has 1 heterocycles. The molecule has 0 aromatic heterocycles. The number of carbonyl (C=O) groups is 1. The Balaban J connectivity index is 2.36. The maximum Gasteiger partial charge on any atom is 0.411 e. The van der Waals surface area contributed by atoms with Gasteiger partial charge < -0.3 is 5.11 Å².